The average Bonchev–Trinajstić information content (AvgIpc) is 2.40. The number of carbonyl (C=O) groups excluding carboxylic acids is 1. The zero-order valence-electron chi connectivity index (χ0n) is 11.8. The fraction of sp³-hybridized carbons (Fsp3) is 0.923. The Labute approximate surface area is 122 Å². The Morgan fingerprint density at radius 2 is 2.16 bits per heavy atom. The quantitative estimate of drug-likeness (QED) is 0.622. The molecule has 2 N–H and O–H groups in total. The van der Waals surface area contributed by atoms with Crippen molar-refractivity contribution in [2.75, 3.05) is 46.1 Å². The van der Waals surface area contributed by atoms with E-state index >= 15 is 0 Å². The normalized spacial score (nSPS) is 18.7. The van der Waals surface area contributed by atoms with Crippen molar-refractivity contribution >= 4 is 18.3 Å². The number of carbonyl (C=O) groups is 1. The van der Waals surface area contributed by atoms with Gasteiger partial charge in [0.2, 0.25) is 5.91 Å². The Hall–Kier alpha value is -0.360. The van der Waals surface area contributed by atoms with Crippen molar-refractivity contribution in [3.05, 3.63) is 0 Å². The van der Waals surface area contributed by atoms with Gasteiger partial charge in [-0.2, -0.15) is 0 Å². The molecule has 19 heavy (non-hydrogen) atoms. The molecule has 0 radical (unpaired) electrons. The van der Waals surface area contributed by atoms with E-state index < -0.39 is 0 Å². The van der Waals surface area contributed by atoms with Crippen LogP contribution in [0.1, 0.15) is 26.2 Å². The molecule has 0 aromatic rings. The Bertz CT molecular complexity index is 224. The molecule has 0 bridgehead atoms. The van der Waals surface area contributed by atoms with Gasteiger partial charge in [0.15, 0.2) is 0 Å². The molecule has 1 aliphatic rings. The Balaban J connectivity index is 0.00000324. The molecule has 1 amide bonds. The Morgan fingerprint density at radius 3 is 2.84 bits per heavy atom. The Kier molecular flexibility index (Phi) is 12.4. The second-order valence-electron chi connectivity index (χ2n) is 4.60. The van der Waals surface area contributed by atoms with Crippen LogP contribution >= 0.6 is 12.4 Å². The van der Waals surface area contributed by atoms with Gasteiger partial charge in [0.1, 0.15) is 6.61 Å². The molecule has 0 aromatic heterocycles. The average molecular weight is 295 g/mol. The summed E-state index contributed by atoms with van der Waals surface area (Å²) in [5, 5.41) is 6.26. The summed E-state index contributed by atoms with van der Waals surface area (Å²) in [5.41, 5.74) is 0. The molecule has 1 saturated heterocycles. The van der Waals surface area contributed by atoms with Gasteiger partial charge in [0.05, 0.1) is 13.2 Å². The van der Waals surface area contributed by atoms with E-state index in [4.69, 9.17) is 9.47 Å². The summed E-state index contributed by atoms with van der Waals surface area (Å²) in [7, 11) is 0. The van der Waals surface area contributed by atoms with Gasteiger partial charge >= 0.3 is 0 Å². The van der Waals surface area contributed by atoms with Crippen LogP contribution in [-0.4, -0.2) is 52.0 Å². The van der Waals surface area contributed by atoms with Crippen LogP contribution in [0.5, 0.6) is 0 Å². The van der Waals surface area contributed by atoms with Crippen LogP contribution < -0.4 is 10.6 Å². The fourth-order valence-corrected chi connectivity index (χ4v) is 2.06. The molecule has 1 heterocycles. The SMILES string of the molecule is CCOCCOCC(=O)NCCC1CCCNC1.Cl. The number of piperidine rings is 1. The van der Waals surface area contributed by atoms with Gasteiger partial charge in [-0.15, -0.1) is 12.4 Å². The van der Waals surface area contributed by atoms with Gasteiger partial charge in [-0.25, -0.2) is 0 Å². The van der Waals surface area contributed by atoms with Crippen molar-refractivity contribution in [2.45, 2.75) is 26.2 Å². The second kappa shape index (κ2) is 12.7. The van der Waals surface area contributed by atoms with E-state index in [1.165, 1.54) is 12.8 Å². The van der Waals surface area contributed by atoms with Gasteiger partial charge in [-0.1, -0.05) is 0 Å². The third kappa shape index (κ3) is 10.1. The molecular formula is C13H27ClN2O3. The molecule has 0 aromatic carbocycles. The van der Waals surface area contributed by atoms with Crippen molar-refractivity contribution in [3.63, 3.8) is 0 Å². The lowest BCUT2D eigenvalue weighted by Gasteiger charge is -2.22. The van der Waals surface area contributed by atoms with E-state index in [1.54, 1.807) is 0 Å². The van der Waals surface area contributed by atoms with Crippen molar-refractivity contribution in [3.8, 4) is 0 Å². The topological polar surface area (TPSA) is 59.6 Å². The van der Waals surface area contributed by atoms with Crippen molar-refractivity contribution < 1.29 is 14.3 Å². The number of rotatable bonds is 9. The monoisotopic (exact) mass is 294 g/mol. The highest BCUT2D eigenvalue weighted by Gasteiger charge is 2.12. The standard InChI is InChI=1S/C13H26N2O3.ClH/c1-2-17-8-9-18-11-13(16)15-7-5-12-4-3-6-14-10-12;/h12,14H,2-11H2,1H3,(H,15,16);1H. The van der Waals surface area contributed by atoms with Crippen LogP contribution in [0.15, 0.2) is 0 Å². The summed E-state index contributed by atoms with van der Waals surface area (Å²) >= 11 is 0. The largest absolute Gasteiger partial charge is 0.379 e. The summed E-state index contributed by atoms with van der Waals surface area (Å²) in [5.74, 6) is 0.674. The summed E-state index contributed by atoms with van der Waals surface area (Å²) in [6.45, 7) is 6.76. The molecule has 0 aliphatic carbocycles. The van der Waals surface area contributed by atoms with Crippen LogP contribution in [0.25, 0.3) is 0 Å². The molecule has 1 atom stereocenters. The van der Waals surface area contributed by atoms with Crippen LogP contribution in [0.2, 0.25) is 0 Å². The van der Waals surface area contributed by atoms with E-state index in [2.05, 4.69) is 10.6 Å². The molecule has 0 spiro atoms. The number of ether oxygens (including phenoxy) is 2. The first kappa shape index (κ1) is 18.6. The van der Waals surface area contributed by atoms with Crippen LogP contribution in [0.4, 0.5) is 0 Å². The lowest BCUT2D eigenvalue weighted by molar-refractivity contribution is -0.126. The number of hydrogen-bond donors (Lipinski definition) is 2. The van der Waals surface area contributed by atoms with E-state index in [-0.39, 0.29) is 24.9 Å². The minimum Gasteiger partial charge on any atom is -0.379 e. The number of nitrogens with one attached hydrogen (secondary N) is 2. The molecule has 6 heteroatoms. The molecule has 1 fully saturated rings. The van der Waals surface area contributed by atoms with Crippen LogP contribution in [-0.2, 0) is 14.3 Å². The first-order valence-electron chi connectivity index (χ1n) is 6.95. The summed E-state index contributed by atoms with van der Waals surface area (Å²) in [6, 6.07) is 0. The zero-order chi connectivity index (χ0) is 13.1. The highest BCUT2D eigenvalue weighted by Crippen LogP contribution is 2.12. The first-order chi connectivity index (χ1) is 8.83. The third-order valence-electron chi connectivity index (χ3n) is 3.08. The third-order valence-corrected chi connectivity index (χ3v) is 3.08. The van der Waals surface area contributed by atoms with Gasteiger partial charge in [0.25, 0.3) is 0 Å². The molecule has 1 rings (SSSR count). The summed E-state index contributed by atoms with van der Waals surface area (Å²) < 4.78 is 10.3. The zero-order valence-corrected chi connectivity index (χ0v) is 12.6. The maximum absolute atomic E-state index is 11.4. The Morgan fingerprint density at radius 1 is 1.37 bits per heavy atom. The van der Waals surface area contributed by atoms with Gasteiger partial charge in [0, 0.05) is 13.2 Å². The highest BCUT2D eigenvalue weighted by atomic mass is 35.5. The van der Waals surface area contributed by atoms with E-state index in [1.807, 2.05) is 6.92 Å². The van der Waals surface area contributed by atoms with E-state index in [0.29, 0.717) is 25.7 Å². The van der Waals surface area contributed by atoms with Gasteiger partial charge < -0.3 is 20.1 Å². The molecule has 5 nitrogen and oxygen atoms in total. The van der Waals surface area contributed by atoms with Gasteiger partial charge in [-0.05, 0) is 45.2 Å². The predicted molar refractivity (Wildman–Crippen MR) is 77.8 cm³/mol. The number of halogens is 1. The van der Waals surface area contributed by atoms with E-state index in [0.717, 1.165) is 26.1 Å². The van der Waals surface area contributed by atoms with Crippen molar-refractivity contribution in [1.29, 1.82) is 0 Å². The fourth-order valence-electron chi connectivity index (χ4n) is 2.06. The number of amides is 1. The first-order valence-corrected chi connectivity index (χ1v) is 6.95. The van der Waals surface area contributed by atoms with Crippen LogP contribution in [0, 0.1) is 5.92 Å². The smallest absolute Gasteiger partial charge is 0.245 e. The second-order valence-corrected chi connectivity index (χ2v) is 4.60. The predicted octanol–water partition coefficient (Wildman–Crippen LogP) is 0.967. The van der Waals surface area contributed by atoms with Crippen molar-refractivity contribution in [1.82, 2.24) is 10.6 Å². The number of hydrogen-bond acceptors (Lipinski definition) is 4. The minimum atomic E-state index is -0.0322. The highest BCUT2D eigenvalue weighted by molar-refractivity contribution is 5.85. The molecular weight excluding hydrogens is 268 g/mol. The molecule has 1 unspecified atom stereocenters. The maximum Gasteiger partial charge on any atom is 0.245 e. The lowest BCUT2D eigenvalue weighted by Crippen LogP contribution is -2.34. The molecule has 0 saturated carbocycles. The van der Waals surface area contributed by atoms with Crippen LogP contribution in [0.3, 0.4) is 0 Å². The molecule has 1 aliphatic heterocycles. The molecule has 114 valence electrons. The van der Waals surface area contributed by atoms with Gasteiger partial charge in [-0.3, -0.25) is 4.79 Å². The minimum absolute atomic E-state index is 0. The van der Waals surface area contributed by atoms with Crippen molar-refractivity contribution in [2.24, 2.45) is 5.92 Å². The summed E-state index contributed by atoms with van der Waals surface area (Å²) in [6.07, 6.45) is 3.57. The van der Waals surface area contributed by atoms with E-state index in [9.17, 15) is 4.79 Å². The lowest BCUT2D eigenvalue weighted by atomic mass is 9.96. The summed E-state index contributed by atoms with van der Waals surface area (Å²) in [4.78, 5) is 11.4. The maximum atomic E-state index is 11.4.